The van der Waals surface area contributed by atoms with Crippen LogP contribution in [0.15, 0.2) is 4.99 Å². The third-order valence-corrected chi connectivity index (χ3v) is 4.14. The van der Waals surface area contributed by atoms with Gasteiger partial charge in [-0.3, -0.25) is 4.79 Å². The number of amides is 1. The zero-order chi connectivity index (χ0) is 15.8. The Balaban J connectivity index is 0.00000264. The molecule has 1 saturated carbocycles. The Morgan fingerprint density at radius 1 is 1.09 bits per heavy atom. The molecule has 0 aromatic carbocycles. The van der Waals surface area contributed by atoms with Crippen molar-refractivity contribution >= 4 is 35.8 Å². The number of guanidine groups is 1. The molecule has 2 fully saturated rings. The number of carbonyl (C=O) groups is 1. The van der Waals surface area contributed by atoms with Crippen molar-refractivity contribution in [2.45, 2.75) is 58.0 Å². The molecule has 0 radical (unpaired) electrons. The van der Waals surface area contributed by atoms with Crippen LogP contribution >= 0.6 is 24.0 Å². The fraction of sp³-hybridized carbons (Fsp3) is 0.875. The van der Waals surface area contributed by atoms with E-state index in [0.717, 1.165) is 51.3 Å². The first-order valence-electron chi connectivity index (χ1n) is 8.77. The van der Waals surface area contributed by atoms with Gasteiger partial charge in [-0.25, -0.2) is 4.99 Å². The third-order valence-electron chi connectivity index (χ3n) is 4.14. The van der Waals surface area contributed by atoms with Gasteiger partial charge in [-0.15, -0.1) is 24.0 Å². The molecule has 6 nitrogen and oxygen atoms in total. The lowest BCUT2D eigenvalue weighted by molar-refractivity contribution is -0.119. The van der Waals surface area contributed by atoms with Gasteiger partial charge in [0.1, 0.15) is 6.54 Å². The van der Waals surface area contributed by atoms with Crippen LogP contribution in [0, 0.1) is 0 Å². The molecule has 1 aliphatic heterocycles. The molecule has 3 N–H and O–H groups in total. The average Bonchev–Trinajstić information content (AvgIpc) is 3.31. The summed E-state index contributed by atoms with van der Waals surface area (Å²) in [6.07, 6.45) is 5.73. The monoisotopic (exact) mass is 437 g/mol. The second-order valence-electron chi connectivity index (χ2n) is 6.30. The smallest absolute Gasteiger partial charge is 0.242 e. The zero-order valence-corrected chi connectivity index (χ0v) is 16.8. The second kappa shape index (κ2) is 11.1. The van der Waals surface area contributed by atoms with Crippen LogP contribution in [-0.4, -0.2) is 61.6 Å². The second-order valence-corrected chi connectivity index (χ2v) is 6.30. The van der Waals surface area contributed by atoms with Gasteiger partial charge in [0.05, 0.1) is 0 Å². The normalized spacial score (nSPS) is 19.8. The van der Waals surface area contributed by atoms with Gasteiger partial charge in [-0.1, -0.05) is 6.92 Å². The van der Waals surface area contributed by atoms with Crippen molar-refractivity contribution in [3.05, 3.63) is 0 Å². The van der Waals surface area contributed by atoms with E-state index in [1.54, 1.807) is 0 Å². The number of hydrogen-bond acceptors (Lipinski definition) is 3. The number of piperidine rings is 1. The lowest BCUT2D eigenvalue weighted by Gasteiger charge is -2.32. The molecule has 2 rings (SSSR count). The number of rotatable bonds is 7. The van der Waals surface area contributed by atoms with Crippen LogP contribution in [0.3, 0.4) is 0 Å². The lowest BCUT2D eigenvalue weighted by atomic mass is 10.1. The summed E-state index contributed by atoms with van der Waals surface area (Å²) in [5, 5.41) is 9.68. The summed E-state index contributed by atoms with van der Waals surface area (Å²) in [6.45, 7) is 8.78. The van der Waals surface area contributed by atoms with E-state index in [2.05, 4.69) is 32.8 Å². The molecule has 1 amide bonds. The number of nitrogens with one attached hydrogen (secondary N) is 3. The Bertz CT molecular complexity index is 379. The largest absolute Gasteiger partial charge is 0.357 e. The summed E-state index contributed by atoms with van der Waals surface area (Å²) in [4.78, 5) is 18.7. The van der Waals surface area contributed by atoms with Crippen LogP contribution in [0.5, 0.6) is 0 Å². The summed E-state index contributed by atoms with van der Waals surface area (Å²) < 4.78 is 0. The zero-order valence-electron chi connectivity index (χ0n) is 14.4. The van der Waals surface area contributed by atoms with Gasteiger partial charge < -0.3 is 20.9 Å². The first-order chi connectivity index (χ1) is 10.7. The highest BCUT2D eigenvalue weighted by Gasteiger charge is 2.23. The van der Waals surface area contributed by atoms with E-state index >= 15 is 0 Å². The van der Waals surface area contributed by atoms with Gasteiger partial charge in [-0.05, 0) is 45.6 Å². The molecule has 7 heteroatoms. The molecule has 1 aliphatic carbocycles. The van der Waals surface area contributed by atoms with Crippen molar-refractivity contribution in [2.24, 2.45) is 4.99 Å². The quantitative estimate of drug-likeness (QED) is 0.319. The Morgan fingerprint density at radius 2 is 1.74 bits per heavy atom. The van der Waals surface area contributed by atoms with Gasteiger partial charge in [0.15, 0.2) is 5.96 Å². The van der Waals surface area contributed by atoms with E-state index in [-0.39, 0.29) is 36.4 Å². The molecule has 1 saturated heterocycles. The maximum atomic E-state index is 11.7. The molecular formula is C16H32IN5O. The fourth-order valence-corrected chi connectivity index (χ4v) is 2.78. The van der Waals surface area contributed by atoms with Crippen molar-refractivity contribution in [1.29, 1.82) is 0 Å². The maximum absolute atomic E-state index is 11.7. The highest BCUT2D eigenvalue weighted by Crippen LogP contribution is 2.18. The Labute approximate surface area is 157 Å². The van der Waals surface area contributed by atoms with E-state index in [1.165, 1.54) is 13.0 Å². The molecule has 2 aliphatic rings. The Morgan fingerprint density at radius 3 is 2.30 bits per heavy atom. The van der Waals surface area contributed by atoms with Crippen molar-refractivity contribution in [3.63, 3.8) is 0 Å². The maximum Gasteiger partial charge on any atom is 0.242 e. The number of nitrogens with zero attached hydrogens (tertiary/aromatic N) is 2. The summed E-state index contributed by atoms with van der Waals surface area (Å²) in [5.41, 5.74) is 0. The van der Waals surface area contributed by atoms with E-state index in [9.17, 15) is 4.79 Å². The predicted octanol–water partition coefficient (Wildman–Crippen LogP) is 1.31. The number of likely N-dealkylation sites (tertiary alicyclic amines) is 1. The molecule has 0 unspecified atom stereocenters. The summed E-state index contributed by atoms with van der Waals surface area (Å²) in [6, 6.07) is 0.860. The molecule has 0 aromatic heterocycles. The third kappa shape index (κ3) is 8.19. The molecule has 0 bridgehead atoms. The SMILES string of the molecule is CCCN1CCC(NC(=NCC(=O)NC2CC2)NCC)CC1.I. The van der Waals surface area contributed by atoms with Crippen LogP contribution in [0.2, 0.25) is 0 Å². The molecule has 0 spiro atoms. The Kier molecular flexibility index (Phi) is 9.85. The number of carbonyl (C=O) groups excluding carboxylic acids is 1. The highest BCUT2D eigenvalue weighted by atomic mass is 127. The van der Waals surface area contributed by atoms with Crippen LogP contribution < -0.4 is 16.0 Å². The van der Waals surface area contributed by atoms with Crippen molar-refractivity contribution in [2.75, 3.05) is 32.7 Å². The predicted molar refractivity (Wildman–Crippen MR) is 105 cm³/mol. The van der Waals surface area contributed by atoms with Crippen LogP contribution in [0.4, 0.5) is 0 Å². The minimum Gasteiger partial charge on any atom is -0.357 e. The van der Waals surface area contributed by atoms with Gasteiger partial charge in [-0.2, -0.15) is 0 Å². The number of hydrogen-bond donors (Lipinski definition) is 3. The van der Waals surface area contributed by atoms with Crippen LogP contribution in [0.25, 0.3) is 0 Å². The van der Waals surface area contributed by atoms with E-state index in [0.29, 0.717) is 12.1 Å². The minimum absolute atomic E-state index is 0. The summed E-state index contributed by atoms with van der Waals surface area (Å²) >= 11 is 0. The van der Waals surface area contributed by atoms with Gasteiger partial charge in [0.25, 0.3) is 0 Å². The van der Waals surface area contributed by atoms with Crippen molar-refractivity contribution < 1.29 is 4.79 Å². The average molecular weight is 437 g/mol. The van der Waals surface area contributed by atoms with Crippen molar-refractivity contribution in [3.8, 4) is 0 Å². The topological polar surface area (TPSA) is 68.8 Å². The van der Waals surface area contributed by atoms with Crippen molar-refractivity contribution in [1.82, 2.24) is 20.9 Å². The van der Waals surface area contributed by atoms with Crippen LogP contribution in [0.1, 0.15) is 46.0 Å². The molecule has 0 aromatic rings. The van der Waals surface area contributed by atoms with Gasteiger partial charge >= 0.3 is 0 Å². The molecule has 23 heavy (non-hydrogen) atoms. The van der Waals surface area contributed by atoms with Crippen LogP contribution in [-0.2, 0) is 4.79 Å². The lowest BCUT2D eigenvalue weighted by Crippen LogP contribution is -2.49. The number of halogens is 1. The minimum atomic E-state index is 0. The molecular weight excluding hydrogens is 405 g/mol. The number of aliphatic imine (C=N–C) groups is 1. The van der Waals surface area contributed by atoms with E-state index in [4.69, 9.17) is 0 Å². The summed E-state index contributed by atoms with van der Waals surface area (Å²) in [5.74, 6) is 0.792. The standard InChI is InChI=1S/C16H31N5O.HI/c1-3-9-21-10-7-14(8-11-21)20-16(17-4-2)18-12-15(22)19-13-5-6-13;/h13-14H,3-12H2,1-2H3,(H,19,22)(H2,17,18,20);1H. The summed E-state index contributed by atoms with van der Waals surface area (Å²) in [7, 11) is 0. The molecule has 0 atom stereocenters. The van der Waals surface area contributed by atoms with E-state index < -0.39 is 0 Å². The fourth-order valence-electron chi connectivity index (χ4n) is 2.78. The highest BCUT2D eigenvalue weighted by molar-refractivity contribution is 14.0. The first-order valence-corrected chi connectivity index (χ1v) is 8.77. The molecule has 134 valence electrons. The van der Waals surface area contributed by atoms with Gasteiger partial charge in [0.2, 0.25) is 5.91 Å². The van der Waals surface area contributed by atoms with E-state index in [1.807, 2.05) is 6.92 Å². The first kappa shape index (κ1) is 20.5. The Hall–Kier alpha value is -0.570. The molecule has 1 heterocycles. The van der Waals surface area contributed by atoms with Gasteiger partial charge in [0, 0.05) is 31.7 Å².